The van der Waals surface area contributed by atoms with Crippen LogP contribution in [-0.4, -0.2) is 10.5 Å². The number of hydrogen-bond donors (Lipinski definition) is 0. The number of carbonyl (C=O) groups is 1. The van der Waals surface area contributed by atoms with Gasteiger partial charge in [-0.3, -0.25) is 4.79 Å². The minimum Gasteiger partial charge on any atom is -0.316 e. The summed E-state index contributed by atoms with van der Waals surface area (Å²) in [7, 11) is 0. The summed E-state index contributed by atoms with van der Waals surface area (Å²) in [4.78, 5) is 19.1. The highest BCUT2D eigenvalue weighted by Gasteiger charge is 2.15. The maximum Gasteiger partial charge on any atom is 0.279 e. The molecule has 0 radical (unpaired) electrons. The molecular weight excluding hydrogens is 408 g/mol. The number of hydrogen-bond acceptors (Lipinski definition) is 2. The van der Waals surface area contributed by atoms with Gasteiger partial charge in [0.25, 0.3) is 5.91 Å². The van der Waals surface area contributed by atoms with Gasteiger partial charge in [-0.1, -0.05) is 52.7 Å². The van der Waals surface area contributed by atoms with E-state index in [0.717, 1.165) is 39.1 Å². The number of benzene rings is 2. The van der Waals surface area contributed by atoms with Crippen molar-refractivity contribution in [1.29, 1.82) is 0 Å². The summed E-state index contributed by atoms with van der Waals surface area (Å²) in [5, 5.41) is 0. The average molecular weight is 429 g/mol. The van der Waals surface area contributed by atoms with Crippen LogP contribution in [0.5, 0.6) is 0 Å². The van der Waals surface area contributed by atoms with E-state index in [9.17, 15) is 4.79 Å². The molecule has 3 rings (SSSR count). The van der Waals surface area contributed by atoms with Gasteiger partial charge in [0.2, 0.25) is 0 Å². The number of halogens is 1. The molecular formula is C21H21BrN2OS. The molecule has 26 heavy (non-hydrogen) atoms. The first-order chi connectivity index (χ1) is 12.5. The van der Waals surface area contributed by atoms with Gasteiger partial charge in [0, 0.05) is 21.5 Å². The van der Waals surface area contributed by atoms with E-state index >= 15 is 0 Å². The Morgan fingerprint density at radius 1 is 1.15 bits per heavy atom. The first kappa shape index (κ1) is 18.8. The number of carbonyl (C=O) groups excluding carboxylic acids is 1. The fourth-order valence-corrected chi connectivity index (χ4v) is 4.34. The van der Waals surface area contributed by atoms with E-state index in [4.69, 9.17) is 0 Å². The third-order valence-electron chi connectivity index (χ3n) is 4.20. The second-order valence-electron chi connectivity index (χ2n) is 6.05. The van der Waals surface area contributed by atoms with Crippen LogP contribution in [0, 0.1) is 6.92 Å². The summed E-state index contributed by atoms with van der Waals surface area (Å²) in [5.41, 5.74) is 3.99. The maximum absolute atomic E-state index is 12.6. The Balaban J connectivity index is 2.13. The largest absolute Gasteiger partial charge is 0.316 e. The fourth-order valence-electron chi connectivity index (χ4n) is 2.93. The normalized spacial score (nSPS) is 11.8. The summed E-state index contributed by atoms with van der Waals surface area (Å²) in [6.07, 6.45) is 0.907. The van der Waals surface area contributed by atoms with Crippen molar-refractivity contribution in [3.8, 4) is 11.3 Å². The molecule has 1 aromatic heterocycles. The molecule has 1 heterocycles. The number of aromatic nitrogens is 1. The smallest absolute Gasteiger partial charge is 0.279 e. The Bertz CT molecular complexity index is 1000. The van der Waals surface area contributed by atoms with Crippen LogP contribution in [0.15, 0.2) is 58.0 Å². The maximum atomic E-state index is 12.6. The molecule has 0 spiro atoms. The van der Waals surface area contributed by atoms with Gasteiger partial charge in [-0.2, -0.15) is 4.99 Å². The average Bonchev–Trinajstić information content (AvgIpc) is 2.99. The zero-order valence-corrected chi connectivity index (χ0v) is 17.5. The van der Waals surface area contributed by atoms with Crippen LogP contribution in [-0.2, 0) is 13.0 Å². The van der Waals surface area contributed by atoms with Gasteiger partial charge in [0.05, 0.1) is 5.69 Å². The minimum absolute atomic E-state index is 0.192. The molecule has 3 nitrogen and oxygen atoms in total. The lowest BCUT2D eigenvalue weighted by molar-refractivity contribution is 0.0997. The molecule has 0 aliphatic carbocycles. The zero-order valence-electron chi connectivity index (χ0n) is 15.1. The highest BCUT2D eigenvalue weighted by atomic mass is 79.9. The molecule has 5 heteroatoms. The number of nitrogens with zero attached hydrogens (tertiary/aromatic N) is 2. The lowest BCUT2D eigenvalue weighted by atomic mass is 10.1. The molecule has 0 fully saturated rings. The highest BCUT2D eigenvalue weighted by molar-refractivity contribution is 9.10. The molecule has 134 valence electrons. The van der Waals surface area contributed by atoms with Crippen LogP contribution in [0.1, 0.15) is 34.6 Å². The Morgan fingerprint density at radius 2 is 1.88 bits per heavy atom. The van der Waals surface area contributed by atoms with Crippen LogP contribution in [0.3, 0.4) is 0 Å². The van der Waals surface area contributed by atoms with E-state index < -0.39 is 0 Å². The molecule has 1 amide bonds. The fraction of sp³-hybridized carbons (Fsp3) is 0.238. The van der Waals surface area contributed by atoms with Gasteiger partial charge in [0.1, 0.15) is 0 Å². The third-order valence-corrected chi connectivity index (χ3v) is 5.95. The van der Waals surface area contributed by atoms with Crippen molar-refractivity contribution >= 4 is 33.2 Å². The van der Waals surface area contributed by atoms with E-state index in [-0.39, 0.29) is 5.91 Å². The van der Waals surface area contributed by atoms with Crippen molar-refractivity contribution in [3.05, 3.63) is 73.8 Å². The van der Waals surface area contributed by atoms with Crippen LogP contribution in [0.4, 0.5) is 0 Å². The second kappa shape index (κ2) is 8.14. The van der Waals surface area contributed by atoms with E-state index in [1.54, 1.807) is 11.3 Å². The highest BCUT2D eigenvalue weighted by Crippen LogP contribution is 2.27. The van der Waals surface area contributed by atoms with Crippen LogP contribution < -0.4 is 4.80 Å². The first-order valence-corrected chi connectivity index (χ1v) is 10.3. The Kier molecular flexibility index (Phi) is 5.89. The van der Waals surface area contributed by atoms with Crippen LogP contribution in [0.25, 0.3) is 11.3 Å². The van der Waals surface area contributed by atoms with Crippen molar-refractivity contribution in [2.45, 2.75) is 33.7 Å². The topological polar surface area (TPSA) is 34.4 Å². The summed E-state index contributed by atoms with van der Waals surface area (Å²) in [6, 6.07) is 15.9. The summed E-state index contributed by atoms with van der Waals surface area (Å²) in [6.45, 7) is 6.97. The molecule has 0 aliphatic rings. The molecule has 0 unspecified atom stereocenters. The van der Waals surface area contributed by atoms with E-state index in [1.165, 1.54) is 4.88 Å². The molecule has 0 aliphatic heterocycles. The molecule has 0 saturated carbocycles. The van der Waals surface area contributed by atoms with E-state index in [2.05, 4.69) is 51.5 Å². The summed E-state index contributed by atoms with van der Waals surface area (Å²) in [5.74, 6) is -0.192. The SMILES string of the molecule is CCc1sc(=NC(=O)c2cccc(C)c2)n(CC)c1-c1ccc(Br)cc1. The standard InChI is InChI=1S/C21H21BrN2OS/c1-4-18-19(15-9-11-17(22)12-10-15)24(5-2)21(26-18)23-20(25)16-8-6-7-14(3)13-16/h6-13H,4-5H2,1-3H3. The molecule has 2 aromatic carbocycles. The predicted molar refractivity (Wildman–Crippen MR) is 112 cm³/mol. The van der Waals surface area contributed by atoms with Gasteiger partial charge in [-0.05, 0) is 50.1 Å². The van der Waals surface area contributed by atoms with Crippen LogP contribution in [0.2, 0.25) is 0 Å². The summed E-state index contributed by atoms with van der Waals surface area (Å²) < 4.78 is 3.19. The van der Waals surface area contributed by atoms with Gasteiger partial charge >= 0.3 is 0 Å². The van der Waals surface area contributed by atoms with Crippen molar-refractivity contribution in [3.63, 3.8) is 0 Å². The van der Waals surface area contributed by atoms with Crippen molar-refractivity contribution in [1.82, 2.24) is 4.57 Å². The number of rotatable bonds is 4. The first-order valence-electron chi connectivity index (χ1n) is 8.67. The Hall–Kier alpha value is -1.98. The predicted octanol–water partition coefficient (Wildman–Crippen LogP) is 5.61. The summed E-state index contributed by atoms with van der Waals surface area (Å²) >= 11 is 5.09. The van der Waals surface area contributed by atoms with Crippen molar-refractivity contribution in [2.75, 3.05) is 0 Å². The Labute approximate surface area is 166 Å². The lowest BCUT2D eigenvalue weighted by Crippen LogP contribution is -2.17. The van der Waals surface area contributed by atoms with Crippen molar-refractivity contribution < 1.29 is 4.79 Å². The van der Waals surface area contributed by atoms with Gasteiger partial charge in [0.15, 0.2) is 4.80 Å². The monoisotopic (exact) mass is 428 g/mol. The van der Waals surface area contributed by atoms with Gasteiger partial charge in [-0.15, -0.1) is 11.3 Å². The Morgan fingerprint density at radius 3 is 2.50 bits per heavy atom. The number of aryl methyl sites for hydroxylation is 2. The van der Waals surface area contributed by atoms with Gasteiger partial charge in [-0.25, -0.2) is 0 Å². The number of amides is 1. The van der Waals surface area contributed by atoms with E-state index in [0.29, 0.717) is 5.56 Å². The third kappa shape index (κ3) is 3.89. The molecule has 0 atom stereocenters. The van der Waals surface area contributed by atoms with Gasteiger partial charge < -0.3 is 4.57 Å². The second-order valence-corrected chi connectivity index (χ2v) is 8.03. The van der Waals surface area contributed by atoms with Crippen LogP contribution >= 0.6 is 27.3 Å². The molecule has 0 N–H and O–H groups in total. The zero-order chi connectivity index (χ0) is 18.7. The molecule has 0 saturated heterocycles. The van der Waals surface area contributed by atoms with E-state index in [1.807, 2.05) is 43.3 Å². The quantitative estimate of drug-likeness (QED) is 0.531. The lowest BCUT2D eigenvalue weighted by Gasteiger charge is -2.08. The van der Waals surface area contributed by atoms with Crippen molar-refractivity contribution in [2.24, 2.45) is 4.99 Å². The number of thiazole rings is 1. The molecule has 3 aromatic rings. The molecule has 0 bridgehead atoms. The minimum atomic E-state index is -0.192.